The Morgan fingerprint density at radius 1 is 1.42 bits per heavy atom. The summed E-state index contributed by atoms with van der Waals surface area (Å²) < 4.78 is 17.6. The maximum Gasteiger partial charge on any atom is 0.138 e. The molecular weight excluding hydrogens is 242 g/mol. The molecule has 3 nitrogen and oxygen atoms in total. The lowest BCUT2D eigenvalue weighted by atomic mass is 10.1. The molecule has 0 saturated carbocycles. The summed E-state index contributed by atoms with van der Waals surface area (Å²) in [5.74, 6) is 6.81. The van der Waals surface area contributed by atoms with E-state index in [2.05, 4.69) is 22.1 Å². The van der Waals surface area contributed by atoms with Crippen LogP contribution in [0.4, 0.5) is 4.39 Å². The SMILES string of the molecule is [18F]CCCCC#Cc1cncc(OC[C@@H]2CCN2)c1. The second-order valence-electron chi connectivity index (χ2n) is 4.61. The summed E-state index contributed by atoms with van der Waals surface area (Å²) in [5.41, 5.74) is 0.847. The highest BCUT2D eigenvalue weighted by Crippen LogP contribution is 2.12. The van der Waals surface area contributed by atoms with Gasteiger partial charge in [-0.3, -0.25) is 9.37 Å². The number of nitrogens with one attached hydrogen (secondary N) is 1. The molecule has 0 spiro atoms. The van der Waals surface area contributed by atoms with Crippen LogP contribution >= 0.6 is 0 Å². The molecule has 1 aromatic heterocycles. The van der Waals surface area contributed by atoms with Crippen molar-refractivity contribution in [3.05, 3.63) is 24.0 Å². The van der Waals surface area contributed by atoms with Gasteiger partial charge < -0.3 is 10.1 Å². The topological polar surface area (TPSA) is 34.1 Å². The van der Waals surface area contributed by atoms with Gasteiger partial charge in [0.25, 0.3) is 0 Å². The third-order valence-corrected chi connectivity index (χ3v) is 3.01. The molecule has 0 aromatic carbocycles. The summed E-state index contributed by atoms with van der Waals surface area (Å²) in [6.45, 7) is 1.49. The minimum Gasteiger partial charge on any atom is -0.490 e. The van der Waals surface area contributed by atoms with Crippen molar-refractivity contribution < 1.29 is 9.13 Å². The van der Waals surface area contributed by atoms with E-state index in [1.54, 1.807) is 12.4 Å². The number of hydrogen-bond donors (Lipinski definition) is 1. The van der Waals surface area contributed by atoms with E-state index in [-0.39, 0.29) is 6.67 Å². The van der Waals surface area contributed by atoms with E-state index < -0.39 is 0 Å². The van der Waals surface area contributed by atoms with Crippen LogP contribution in [0.2, 0.25) is 0 Å². The zero-order valence-electron chi connectivity index (χ0n) is 11.0. The van der Waals surface area contributed by atoms with Crippen LogP contribution in [-0.2, 0) is 0 Å². The maximum atomic E-state index is 11.9. The molecule has 1 N–H and O–H groups in total. The van der Waals surface area contributed by atoms with Crippen molar-refractivity contribution in [3.63, 3.8) is 0 Å². The van der Waals surface area contributed by atoms with Crippen LogP contribution in [0.15, 0.2) is 18.5 Å². The second-order valence-corrected chi connectivity index (χ2v) is 4.61. The standard InChI is InChI=1S/C15H19FN2O/c16-7-4-2-1-3-5-13-9-15(11-17-10-13)19-12-14-6-8-18-14/h9-11,14,18H,1-2,4,6-8,12H2/t14-/m0/s1/i16-1. The van der Waals surface area contributed by atoms with E-state index in [4.69, 9.17) is 4.74 Å². The minimum atomic E-state index is -0.262. The fourth-order valence-corrected chi connectivity index (χ4v) is 1.73. The van der Waals surface area contributed by atoms with Crippen LogP contribution in [0.1, 0.15) is 31.2 Å². The van der Waals surface area contributed by atoms with Crippen molar-refractivity contribution in [2.45, 2.75) is 31.7 Å². The molecule has 0 amide bonds. The highest BCUT2D eigenvalue weighted by Gasteiger charge is 2.16. The van der Waals surface area contributed by atoms with E-state index >= 15 is 0 Å². The van der Waals surface area contributed by atoms with Crippen molar-refractivity contribution in [2.75, 3.05) is 19.8 Å². The smallest absolute Gasteiger partial charge is 0.138 e. The van der Waals surface area contributed by atoms with Gasteiger partial charge in [0.15, 0.2) is 0 Å². The molecule has 0 aliphatic carbocycles. The molecule has 1 saturated heterocycles. The Kier molecular flexibility index (Phi) is 5.64. The first kappa shape index (κ1) is 13.8. The van der Waals surface area contributed by atoms with Gasteiger partial charge >= 0.3 is 0 Å². The van der Waals surface area contributed by atoms with Gasteiger partial charge in [0.1, 0.15) is 12.4 Å². The summed E-state index contributed by atoms with van der Waals surface area (Å²) in [4.78, 5) is 4.11. The van der Waals surface area contributed by atoms with E-state index in [1.807, 2.05) is 6.07 Å². The van der Waals surface area contributed by atoms with Crippen LogP contribution in [-0.4, -0.2) is 30.9 Å². The monoisotopic (exact) mass is 261 g/mol. The Morgan fingerprint density at radius 3 is 3.05 bits per heavy atom. The lowest BCUT2D eigenvalue weighted by molar-refractivity contribution is 0.217. The number of aromatic nitrogens is 1. The molecule has 0 bridgehead atoms. The molecule has 1 aliphatic heterocycles. The Labute approximate surface area is 113 Å². The Balaban J connectivity index is 1.80. The van der Waals surface area contributed by atoms with Crippen molar-refractivity contribution >= 4 is 0 Å². The third kappa shape index (κ3) is 4.88. The number of unbranched alkanes of at least 4 members (excludes halogenated alkanes) is 2. The molecule has 0 unspecified atom stereocenters. The lowest BCUT2D eigenvalue weighted by Gasteiger charge is -2.27. The normalized spacial score (nSPS) is 17.2. The molecule has 1 atom stereocenters. The molecule has 19 heavy (non-hydrogen) atoms. The van der Waals surface area contributed by atoms with E-state index in [9.17, 15) is 4.39 Å². The number of halogens is 1. The maximum absolute atomic E-state index is 11.9. The molecule has 1 aliphatic rings. The van der Waals surface area contributed by atoms with Gasteiger partial charge in [-0.25, -0.2) is 0 Å². The van der Waals surface area contributed by atoms with Gasteiger partial charge in [-0.1, -0.05) is 11.8 Å². The van der Waals surface area contributed by atoms with Crippen molar-refractivity contribution in [1.29, 1.82) is 0 Å². The highest BCUT2D eigenvalue weighted by atomic mass is 18.2. The molecule has 0 radical (unpaired) electrons. The highest BCUT2D eigenvalue weighted by molar-refractivity contribution is 5.36. The first-order valence-electron chi connectivity index (χ1n) is 6.74. The van der Waals surface area contributed by atoms with Gasteiger partial charge in [-0.15, -0.1) is 0 Å². The van der Waals surface area contributed by atoms with Gasteiger partial charge in [-0.05, 0) is 31.9 Å². The van der Waals surface area contributed by atoms with Crippen molar-refractivity contribution in [2.24, 2.45) is 0 Å². The van der Waals surface area contributed by atoms with Crippen LogP contribution in [0, 0.1) is 11.8 Å². The fraction of sp³-hybridized carbons (Fsp3) is 0.533. The number of alkyl halides is 1. The lowest BCUT2D eigenvalue weighted by Crippen LogP contribution is -2.46. The summed E-state index contributed by atoms with van der Waals surface area (Å²) in [6, 6.07) is 2.36. The number of pyridine rings is 1. The van der Waals surface area contributed by atoms with Crippen LogP contribution < -0.4 is 10.1 Å². The van der Waals surface area contributed by atoms with Crippen LogP contribution in [0.3, 0.4) is 0 Å². The van der Waals surface area contributed by atoms with Crippen molar-refractivity contribution in [3.8, 4) is 17.6 Å². The van der Waals surface area contributed by atoms with E-state index in [0.717, 1.165) is 30.7 Å². The zero-order valence-corrected chi connectivity index (χ0v) is 11.0. The number of hydrogen-bond acceptors (Lipinski definition) is 3. The molecule has 1 aromatic rings. The Morgan fingerprint density at radius 2 is 2.32 bits per heavy atom. The van der Waals surface area contributed by atoms with E-state index in [0.29, 0.717) is 19.1 Å². The molecular formula is C15H19FN2O. The van der Waals surface area contributed by atoms with Gasteiger partial charge in [-0.2, -0.15) is 0 Å². The summed E-state index contributed by atoms with van der Waals surface area (Å²) in [6.07, 6.45) is 6.71. The van der Waals surface area contributed by atoms with E-state index in [1.165, 1.54) is 6.42 Å². The number of ether oxygens (including phenoxy) is 1. The predicted molar refractivity (Wildman–Crippen MR) is 72.8 cm³/mol. The molecule has 4 heteroatoms. The predicted octanol–water partition coefficient (Wildman–Crippen LogP) is 2.31. The van der Waals surface area contributed by atoms with Gasteiger partial charge in [0.05, 0.1) is 12.9 Å². The van der Waals surface area contributed by atoms with Gasteiger partial charge in [0.2, 0.25) is 0 Å². The molecule has 102 valence electrons. The third-order valence-electron chi connectivity index (χ3n) is 3.01. The molecule has 2 rings (SSSR count). The summed E-state index contributed by atoms with van der Waals surface area (Å²) in [5, 5.41) is 3.28. The average molecular weight is 261 g/mol. The first-order valence-corrected chi connectivity index (χ1v) is 6.74. The number of nitrogens with zero attached hydrogens (tertiary/aromatic N) is 1. The average Bonchev–Trinajstić information content (AvgIpc) is 2.37. The van der Waals surface area contributed by atoms with Crippen LogP contribution in [0.5, 0.6) is 5.75 Å². The molecule has 2 heterocycles. The molecule has 1 fully saturated rings. The first-order chi connectivity index (χ1) is 9.38. The summed E-state index contributed by atoms with van der Waals surface area (Å²) >= 11 is 0. The fourth-order valence-electron chi connectivity index (χ4n) is 1.73. The van der Waals surface area contributed by atoms with Crippen molar-refractivity contribution in [1.82, 2.24) is 10.3 Å². The van der Waals surface area contributed by atoms with Crippen LogP contribution in [0.25, 0.3) is 0 Å². The summed E-state index contributed by atoms with van der Waals surface area (Å²) in [7, 11) is 0. The van der Waals surface area contributed by atoms with Gasteiger partial charge in [0, 0.05) is 24.2 Å². The Hall–Kier alpha value is -1.60. The quantitative estimate of drug-likeness (QED) is 0.630. The number of rotatable bonds is 6. The second kappa shape index (κ2) is 7.75. The minimum absolute atomic E-state index is 0.262. The zero-order chi connectivity index (χ0) is 13.3. The Bertz CT molecular complexity index is 449. The largest absolute Gasteiger partial charge is 0.490 e.